The van der Waals surface area contributed by atoms with E-state index in [9.17, 15) is 30.0 Å². The van der Waals surface area contributed by atoms with E-state index < -0.39 is 41.0 Å². The van der Waals surface area contributed by atoms with Crippen LogP contribution in [0.3, 0.4) is 0 Å². The maximum Gasteiger partial charge on any atom is 0.190 e. The molecule has 6 nitrogen and oxygen atoms in total. The molecule has 148 valence electrons. The molecule has 3 fully saturated rings. The summed E-state index contributed by atoms with van der Waals surface area (Å²) in [7, 11) is 0. The molecule has 0 aromatic rings. The fourth-order valence-electron chi connectivity index (χ4n) is 6.97. The van der Waals surface area contributed by atoms with Gasteiger partial charge in [-0.15, -0.1) is 0 Å². The summed E-state index contributed by atoms with van der Waals surface area (Å²) in [6.45, 7) is 3.06. The lowest BCUT2D eigenvalue weighted by Crippen LogP contribution is -2.63. The Balaban J connectivity index is 1.78. The number of aliphatic hydroxyl groups excluding tert-OH is 3. The van der Waals surface area contributed by atoms with Gasteiger partial charge < -0.3 is 20.4 Å². The zero-order valence-electron chi connectivity index (χ0n) is 15.8. The average Bonchev–Trinajstić information content (AvgIpc) is 2.87. The molecule has 0 amide bonds. The zero-order valence-corrected chi connectivity index (χ0v) is 15.8. The van der Waals surface area contributed by atoms with Crippen LogP contribution in [0.4, 0.5) is 0 Å². The van der Waals surface area contributed by atoms with Gasteiger partial charge in [0.2, 0.25) is 0 Å². The highest BCUT2D eigenvalue weighted by Crippen LogP contribution is 2.67. The standard InChI is InChI=1S/C21H28O6/c1-19-5-3-11(23)7-14(19)15(24)8-12-13-4-6-21(27,17(26)10-22)20(13,2)9-16(25)18(12)19/h3,5,7,12-13,15-16,18,22,24-25,27H,4,6,8-10H2,1-2H3/t12-,13-,15+,16-,18+,19-,20-,21-/m0/s1. The van der Waals surface area contributed by atoms with Crippen LogP contribution in [0, 0.1) is 28.6 Å². The molecule has 6 heteroatoms. The van der Waals surface area contributed by atoms with Gasteiger partial charge in [0.15, 0.2) is 11.6 Å². The maximum absolute atomic E-state index is 12.4. The Bertz CT molecular complexity index is 756. The molecule has 0 heterocycles. The van der Waals surface area contributed by atoms with Crippen molar-refractivity contribution < 1.29 is 30.0 Å². The lowest BCUT2D eigenvalue weighted by molar-refractivity contribution is -0.182. The average molecular weight is 376 g/mol. The monoisotopic (exact) mass is 376 g/mol. The van der Waals surface area contributed by atoms with Crippen molar-refractivity contribution >= 4 is 11.6 Å². The van der Waals surface area contributed by atoms with Crippen molar-refractivity contribution in [2.75, 3.05) is 6.61 Å². The highest BCUT2D eigenvalue weighted by Gasteiger charge is 2.68. The first kappa shape index (κ1) is 19.0. The van der Waals surface area contributed by atoms with Crippen LogP contribution in [0.2, 0.25) is 0 Å². The lowest BCUT2D eigenvalue weighted by atomic mass is 9.45. The van der Waals surface area contributed by atoms with Crippen LogP contribution in [0.15, 0.2) is 23.8 Å². The Morgan fingerprint density at radius 2 is 2.00 bits per heavy atom. The molecule has 0 saturated heterocycles. The van der Waals surface area contributed by atoms with Crippen molar-refractivity contribution in [3.05, 3.63) is 23.8 Å². The molecule has 27 heavy (non-hydrogen) atoms. The molecule has 0 bridgehead atoms. The molecular weight excluding hydrogens is 348 g/mol. The second-order valence-corrected chi connectivity index (χ2v) is 9.33. The molecule has 0 radical (unpaired) electrons. The number of aliphatic hydroxyl groups is 4. The topological polar surface area (TPSA) is 115 Å². The second kappa shape index (κ2) is 5.83. The van der Waals surface area contributed by atoms with E-state index in [1.54, 1.807) is 6.08 Å². The highest BCUT2D eigenvalue weighted by molar-refractivity contribution is 6.01. The van der Waals surface area contributed by atoms with Crippen LogP contribution in [0.5, 0.6) is 0 Å². The molecule has 0 unspecified atom stereocenters. The second-order valence-electron chi connectivity index (χ2n) is 9.33. The van der Waals surface area contributed by atoms with Gasteiger partial charge in [-0.25, -0.2) is 0 Å². The first-order chi connectivity index (χ1) is 12.6. The fourth-order valence-corrected chi connectivity index (χ4v) is 6.97. The predicted octanol–water partition coefficient (Wildman–Crippen LogP) is 0.528. The van der Waals surface area contributed by atoms with Crippen LogP contribution >= 0.6 is 0 Å². The first-order valence-corrected chi connectivity index (χ1v) is 9.76. The fraction of sp³-hybridized carbons (Fsp3) is 0.714. The molecular formula is C21H28O6. The number of rotatable bonds is 2. The Kier molecular flexibility index (Phi) is 4.10. The van der Waals surface area contributed by atoms with E-state index in [0.29, 0.717) is 18.4 Å². The van der Waals surface area contributed by atoms with Gasteiger partial charge in [-0.3, -0.25) is 9.59 Å². The number of hydrogen-bond acceptors (Lipinski definition) is 6. The number of allylic oxidation sites excluding steroid dienone is 3. The number of ketones is 2. The Hall–Kier alpha value is -1.34. The molecule has 4 aliphatic rings. The lowest BCUT2D eigenvalue weighted by Gasteiger charge is -2.60. The van der Waals surface area contributed by atoms with Crippen molar-refractivity contribution in [3.63, 3.8) is 0 Å². The molecule has 0 spiro atoms. The van der Waals surface area contributed by atoms with E-state index in [4.69, 9.17) is 0 Å². The minimum absolute atomic E-state index is 0.0505. The van der Waals surface area contributed by atoms with Gasteiger partial charge in [0.1, 0.15) is 12.2 Å². The normalized spacial score (nSPS) is 51.3. The summed E-state index contributed by atoms with van der Waals surface area (Å²) < 4.78 is 0. The molecule has 4 N–H and O–H groups in total. The predicted molar refractivity (Wildman–Crippen MR) is 96.4 cm³/mol. The van der Waals surface area contributed by atoms with Gasteiger partial charge in [0, 0.05) is 16.7 Å². The van der Waals surface area contributed by atoms with E-state index in [1.807, 2.05) is 13.8 Å². The van der Waals surface area contributed by atoms with Gasteiger partial charge in [0.25, 0.3) is 0 Å². The highest BCUT2D eigenvalue weighted by atomic mass is 16.3. The van der Waals surface area contributed by atoms with Crippen LogP contribution in [0.25, 0.3) is 0 Å². The van der Waals surface area contributed by atoms with Gasteiger partial charge >= 0.3 is 0 Å². The van der Waals surface area contributed by atoms with Crippen molar-refractivity contribution in [1.82, 2.24) is 0 Å². The number of fused-ring (bicyclic) bond motifs is 5. The third kappa shape index (κ3) is 2.27. The van der Waals surface area contributed by atoms with Crippen LogP contribution in [0.1, 0.15) is 39.5 Å². The summed E-state index contributed by atoms with van der Waals surface area (Å²) in [6.07, 6.45) is 4.73. The Labute approximate surface area is 158 Å². The van der Waals surface area contributed by atoms with Crippen molar-refractivity contribution in [1.29, 1.82) is 0 Å². The van der Waals surface area contributed by atoms with Crippen molar-refractivity contribution in [2.45, 2.75) is 57.3 Å². The molecule has 4 aliphatic carbocycles. The largest absolute Gasteiger partial charge is 0.393 e. The molecule has 8 atom stereocenters. The zero-order chi connectivity index (χ0) is 19.8. The Morgan fingerprint density at radius 3 is 2.67 bits per heavy atom. The number of carbonyl (C=O) groups excluding carboxylic acids is 2. The molecule has 0 aliphatic heterocycles. The van der Waals surface area contributed by atoms with E-state index >= 15 is 0 Å². The van der Waals surface area contributed by atoms with E-state index in [1.165, 1.54) is 12.2 Å². The Morgan fingerprint density at radius 1 is 1.30 bits per heavy atom. The SMILES string of the molecule is C[C@]12C=CC(=O)C=C1[C@H](O)C[C@@H]1[C@@H]2[C@@H](O)C[C@@]2(C)[C@H]1CC[C@]2(O)C(=O)CO. The summed E-state index contributed by atoms with van der Waals surface area (Å²) in [5, 5.41) is 42.5. The van der Waals surface area contributed by atoms with Gasteiger partial charge in [0.05, 0.1) is 12.2 Å². The number of hydrogen-bond donors (Lipinski definition) is 4. The number of carbonyl (C=O) groups is 2. The van der Waals surface area contributed by atoms with E-state index in [0.717, 1.165) is 0 Å². The van der Waals surface area contributed by atoms with E-state index in [2.05, 4.69) is 0 Å². The van der Waals surface area contributed by atoms with Gasteiger partial charge in [-0.1, -0.05) is 19.9 Å². The summed E-state index contributed by atoms with van der Waals surface area (Å²) in [6, 6.07) is 0. The van der Waals surface area contributed by atoms with Crippen molar-refractivity contribution in [2.24, 2.45) is 28.6 Å². The maximum atomic E-state index is 12.4. The molecule has 0 aromatic carbocycles. The summed E-state index contributed by atoms with van der Waals surface area (Å²) in [5.74, 6) is -1.08. The molecule has 0 aromatic heterocycles. The minimum atomic E-state index is -1.65. The van der Waals surface area contributed by atoms with Crippen LogP contribution < -0.4 is 0 Å². The third-order valence-electron chi connectivity index (χ3n) is 8.27. The first-order valence-electron chi connectivity index (χ1n) is 9.76. The molecule has 3 saturated carbocycles. The smallest absolute Gasteiger partial charge is 0.190 e. The van der Waals surface area contributed by atoms with Gasteiger partial charge in [-0.2, -0.15) is 0 Å². The summed E-state index contributed by atoms with van der Waals surface area (Å²) >= 11 is 0. The minimum Gasteiger partial charge on any atom is -0.393 e. The van der Waals surface area contributed by atoms with Crippen LogP contribution in [-0.2, 0) is 9.59 Å². The van der Waals surface area contributed by atoms with Gasteiger partial charge in [-0.05, 0) is 55.2 Å². The molecule has 4 rings (SSSR count). The van der Waals surface area contributed by atoms with Crippen LogP contribution in [-0.4, -0.2) is 56.4 Å². The van der Waals surface area contributed by atoms with E-state index in [-0.39, 0.29) is 36.4 Å². The number of Topliss-reactive ketones (excluding diaryl/α,β-unsaturated/α-hetero) is 1. The summed E-state index contributed by atoms with van der Waals surface area (Å²) in [4.78, 5) is 24.2. The third-order valence-corrected chi connectivity index (χ3v) is 8.27. The summed E-state index contributed by atoms with van der Waals surface area (Å²) in [5.41, 5.74) is -2.48. The quantitative estimate of drug-likeness (QED) is 0.559. The van der Waals surface area contributed by atoms with Crippen molar-refractivity contribution in [3.8, 4) is 0 Å².